The van der Waals surface area contributed by atoms with E-state index in [-0.39, 0.29) is 12.3 Å². The molecule has 0 aromatic carbocycles. The molecule has 7 nitrogen and oxygen atoms in total. The summed E-state index contributed by atoms with van der Waals surface area (Å²) in [5.41, 5.74) is 4.90. The first kappa shape index (κ1) is 11.5. The van der Waals surface area contributed by atoms with Crippen LogP contribution in [0.4, 0.5) is 0 Å². The van der Waals surface area contributed by atoms with Crippen LogP contribution in [-0.4, -0.2) is 36.3 Å². The molecule has 0 heterocycles. The molecule has 12 heavy (non-hydrogen) atoms. The number of nitrogens with zero attached hydrogens (tertiary/aromatic N) is 1. The van der Waals surface area contributed by atoms with E-state index >= 15 is 0 Å². The third-order valence-corrected chi connectivity index (χ3v) is 1.32. The third-order valence-electron chi connectivity index (χ3n) is 0.756. The fourth-order valence-corrected chi connectivity index (χ4v) is 0.966. The highest BCUT2D eigenvalue weighted by Crippen LogP contribution is 1.95. The average Bonchev–Trinajstić information content (AvgIpc) is 1.83. The lowest BCUT2D eigenvalue weighted by Gasteiger charge is -2.17. The first-order chi connectivity index (χ1) is 5.37. The second-order valence-electron chi connectivity index (χ2n) is 1.71. The van der Waals surface area contributed by atoms with E-state index in [2.05, 4.69) is 16.9 Å². The van der Waals surface area contributed by atoms with E-state index in [0.717, 1.165) is 0 Å². The Balaban J connectivity index is 4.24. The summed E-state index contributed by atoms with van der Waals surface area (Å²) in [5.74, 6) is -0.392. The van der Waals surface area contributed by atoms with Gasteiger partial charge in [0.25, 0.3) is 0 Å². The van der Waals surface area contributed by atoms with E-state index in [1.807, 2.05) is 0 Å². The number of hydroxylamine groups is 2. The Morgan fingerprint density at radius 2 is 2.25 bits per heavy atom. The van der Waals surface area contributed by atoms with E-state index in [4.69, 9.17) is 15.7 Å². The molecule has 0 unspecified atom stereocenters. The van der Waals surface area contributed by atoms with Gasteiger partial charge in [0, 0.05) is 5.75 Å². The predicted molar refractivity (Wildman–Crippen MR) is 45.1 cm³/mol. The molecule has 0 aromatic rings. The molecule has 0 aliphatic carbocycles. The van der Waals surface area contributed by atoms with Crippen LogP contribution in [0.15, 0.2) is 0 Å². The molecule has 0 atom stereocenters. The lowest BCUT2D eigenvalue weighted by Crippen LogP contribution is -2.39. The highest BCUT2D eigenvalue weighted by atomic mass is 32.3. The van der Waals surface area contributed by atoms with E-state index in [0.29, 0.717) is 5.06 Å². The molecular formula is C3H9N3O4S2. The van der Waals surface area contributed by atoms with Crippen LogP contribution in [0.2, 0.25) is 0 Å². The molecule has 9 heteroatoms. The number of guanidine groups is 1. The monoisotopic (exact) mass is 215 g/mol. The molecule has 0 aromatic heterocycles. The van der Waals surface area contributed by atoms with E-state index in [9.17, 15) is 8.42 Å². The maximum Gasteiger partial charge on any atom is 0.418 e. The van der Waals surface area contributed by atoms with Gasteiger partial charge in [0.15, 0.2) is 0 Å². The Hall–Kier alpha value is -0.510. The van der Waals surface area contributed by atoms with Crippen LogP contribution in [0.1, 0.15) is 0 Å². The highest BCUT2D eigenvalue weighted by molar-refractivity contribution is 7.81. The fraction of sp³-hybridized carbons (Fsp3) is 0.667. The summed E-state index contributed by atoms with van der Waals surface area (Å²) in [6.07, 6.45) is 0. The molecule has 0 radical (unpaired) electrons. The van der Waals surface area contributed by atoms with Gasteiger partial charge in [0.05, 0.1) is 6.54 Å². The lowest BCUT2D eigenvalue weighted by molar-refractivity contribution is 0.0174. The summed E-state index contributed by atoms with van der Waals surface area (Å²) in [4.78, 5) is 0. The van der Waals surface area contributed by atoms with Gasteiger partial charge in [-0.15, -0.1) is 4.28 Å². The summed E-state index contributed by atoms with van der Waals surface area (Å²) in [6, 6.07) is 0. The van der Waals surface area contributed by atoms with Crippen molar-refractivity contribution in [3.8, 4) is 0 Å². The van der Waals surface area contributed by atoms with Gasteiger partial charge in [0.1, 0.15) is 0 Å². The normalized spacial score (nSPS) is 11.2. The van der Waals surface area contributed by atoms with Crippen molar-refractivity contribution in [2.24, 2.45) is 5.73 Å². The standard InChI is InChI=1S/C3H9N3O4S2/c4-3(5)6(1-2-11)10-12(7,8)9/h11H,1-2H2,(H3,4,5)(H,7,8,9). The molecule has 0 rings (SSSR count). The van der Waals surface area contributed by atoms with Crippen LogP contribution in [0.3, 0.4) is 0 Å². The van der Waals surface area contributed by atoms with E-state index in [1.54, 1.807) is 0 Å². The Bertz CT molecular complexity index is 250. The fourth-order valence-electron chi connectivity index (χ4n) is 0.402. The minimum Gasteiger partial charge on any atom is -0.368 e. The van der Waals surface area contributed by atoms with E-state index in [1.165, 1.54) is 0 Å². The van der Waals surface area contributed by atoms with Crippen molar-refractivity contribution < 1.29 is 17.3 Å². The van der Waals surface area contributed by atoms with Gasteiger partial charge in [-0.25, -0.2) is 5.06 Å². The van der Waals surface area contributed by atoms with Crippen LogP contribution >= 0.6 is 12.6 Å². The average molecular weight is 215 g/mol. The Labute approximate surface area is 75.3 Å². The summed E-state index contributed by atoms with van der Waals surface area (Å²) >= 11 is 3.75. The van der Waals surface area contributed by atoms with Crippen molar-refractivity contribution in [3.63, 3.8) is 0 Å². The molecule has 0 amide bonds. The van der Waals surface area contributed by atoms with Gasteiger partial charge < -0.3 is 5.73 Å². The second-order valence-corrected chi connectivity index (χ2v) is 3.16. The first-order valence-corrected chi connectivity index (χ1v) is 4.76. The van der Waals surface area contributed by atoms with E-state index < -0.39 is 16.4 Å². The topological polar surface area (TPSA) is 117 Å². The van der Waals surface area contributed by atoms with Crippen LogP contribution < -0.4 is 5.73 Å². The maximum atomic E-state index is 10.1. The molecule has 0 aliphatic heterocycles. The largest absolute Gasteiger partial charge is 0.418 e. The zero-order chi connectivity index (χ0) is 9.78. The molecule has 72 valence electrons. The molecule has 0 saturated heterocycles. The summed E-state index contributed by atoms with van der Waals surface area (Å²) in [6.45, 7) is -0.0156. The minimum atomic E-state index is -4.62. The zero-order valence-corrected chi connectivity index (χ0v) is 7.68. The quantitative estimate of drug-likeness (QED) is 0.155. The molecule has 0 saturated carbocycles. The van der Waals surface area contributed by atoms with Crippen molar-refractivity contribution in [2.75, 3.05) is 12.3 Å². The number of rotatable bonds is 4. The summed E-state index contributed by atoms with van der Waals surface area (Å²) < 4.78 is 32.4. The number of nitrogens with one attached hydrogen (secondary N) is 1. The molecule has 4 N–H and O–H groups in total. The van der Waals surface area contributed by atoms with Crippen LogP contribution in [-0.2, 0) is 14.7 Å². The van der Waals surface area contributed by atoms with Crippen molar-refractivity contribution in [3.05, 3.63) is 0 Å². The number of nitrogens with two attached hydrogens (primary N) is 1. The Morgan fingerprint density at radius 1 is 1.75 bits per heavy atom. The first-order valence-electron chi connectivity index (χ1n) is 2.76. The Kier molecular flexibility index (Phi) is 4.31. The number of hydrogen-bond donors (Lipinski definition) is 4. The smallest absolute Gasteiger partial charge is 0.368 e. The number of thiol groups is 1. The molecule has 0 fully saturated rings. The second kappa shape index (κ2) is 4.50. The summed E-state index contributed by atoms with van der Waals surface area (Å²) in [7, 11) is -4.62. The minimum absolute atomic E-state index is 0.0156. The molecule has 0 bridgehead atoms. The third kappa shape index (κ3) is 5.18. The maximum absolute atomic E-state index is 10.1. The Morgan fingerprint density at radius 3 is 2.50 bits per heavy atom. The highest BCUT2D eigenvalue weighted by Gasteiger charge is 2.14. The van der Waals surface area contributed by atoms with Crippen LogP contribution in [0.5, 0.6) is 0 Å². The number of hydrogen-bond acceptors (Lipinski definition) is 5. The van der Waals surface area contributed by atoms with Crippen LogP contribution in [0, 0.1) is 5.41 Å². The van der Waals surface area contributed by atoms with Crippen molar-refractivity contribution in [2.45, 2.75) is 0 Å². The van der Waals surface area contributed by atoms with Gasteiger partial charge in [0.2, 0.25) is 5.96 Å². The summed E-state index contributed by atoms with van der Waals surface area (Å²) in [5, 5.41) is 7.31. The molecular weight excluding hydrogens is 206 g/mol. The lowest BCUT2D eigenvalue weighted by atomic mass is 10.7. The SMILES string of the molecule is N=C(N)N(CCS)OS(=O)(=O)O. The van der Waals surface area contributed by atoms with Gasteiger partial charge in [-0.3, -0.25) is 9.96 Å². The van der Waals surface area contributed by atoms with Crippen molar-refractivity contribution >= 4 is 29.0 Å². The molecule has 0 spiro atoms. The molecule has 0 aliphatic rings. The van der Waals surface area contributed by atoms with Gasteiger partial charge in [-0.05, 0) is 0 Å². The van der Waals surface area contributed by atoms with Gasteiger partial charge >= 0.3 is 10.4 Å². The van der Waals surface area contributed by atoms with Gasteiger partial charge in [-0.1, -0.05) is 0 Å². The zero-order valence-electron chi connectivity index (χ0n) is 5.97. The van der Waals surface area contributed by atoms with Gasteiger partial charge in [-0.2, -0.15) is 21.0 Å². The van der Waals surface area contributed by atoms with Crippen LogP contribution in [0.25, 0.3) is 0 Å². The van der Waals surface area contributed by atoms with Crippen molar-refractivity contribution in [1.29, 1.82) is 5.41 Å². The van der Waals surface area contributed by atoms with Crippen molar-refractivity contribution in [1.82, 2.24) is 5.06 Å². The predicted octanol–water partition coefficient (Wildman–Crippen LogP) is -1.15.